The van der Waals surface area contributed by atoms with Crippen molar-refractivity contribution < 1.29 is 14.3 Å². The molecule has 0 aliphatic heterocycles. The first kappa shape index (κ1) is 17.7. The van der Waals surface area contributed by atoms with Crippen molar-refractivity contribution in [1.29, 1.82) is 0 Å². The van der Waals surface area contributed by atoms with Crippen molar-refractivity contribution in [1.82, 2.24) is 20.1 Å². The number of hydrogen-bond donors (Lipinski definition) is 3. The molecule has 6 nitrogen and oxygen atoms in total. The van der Waals surface area contributed by atoms with Crippen LogP contribution in [0.5, 0.6) is 0 Å². The summed E-state index contributed by atoms with van der Waals surface area (Å²) in [4.78, 5) is 15.8. The maximum Gasteiger partial charge on any atom is 0.225 e. The number of carbonyl (C=O) groups is 1. The second kappa shape index (κ2) is 6.81. The molecule has 2 aromatic heterocycles. The van der Waals surface area contributed by atoms with Crippen molar-refractivity contribution in [3.63, 3.8) is 0 Å². The number of aliphatic hydroxyl groups is 1. The fraction of sp³-hybridized carbons (Fsp3) is 0.400. The number of H-pyrrole nitrogens is 1. The first-order valence-corrected chi connectivity index (χ1v) is 9.14. The van der Waals surface area contributed by atoms with Crippen molar-refractivity contribution in [2.24, 2.45) is 13.0 Å². The summed E-state index contributed by atoms with van der Waals surface area (Å²) in [6.07, 6.45) is 4.84. The Kier molecular flexibility index (Phi) is 4.47. The van der Waals surface area contributed by atoms with E-state index >= 15 is 0 Å². The number of aryl methyl sites for hydroxylation is 2. The maximum absolute atomic E-state index is 14.0. The average Bonchev–Trinajstić information content (AvgIpc) is 3.16. The van der Waals surface area contributed by atoms with Crippen LogP contribution in [0.15, 0.2) is 30.6 Å². The number of nitrogens with one attached hydrogen (secondary N) is 2. The van der Waals surface area contributed by atoms with Crippen molar-refractivity contribution >= 4 is 16.8 Å². The van der Waals surface area contributed by atoms with Gasteiger partial charge in [0.25, 0.3) is 0 Å². The van der Waals surface area contributed by atoms with Crippen molar-refractivity contribution in [2.45, 2.75) is 38.3 Å². The summed E-state index contributed by atoms with van der Waals surface area (Å²) in [7, 11) is 1.84. The molecule has 1 aliphatic carbocycles. The number of halogens is 1. The molecule has 0 saturated heterocycles. The topological polar surface area (TPSA) is 82.9 Å². The first-order valence-electron chi connectivity index (χ1n) is 9.14. The highest BCUT2D eigenvalue weighted by Gasteiger charge is 2.36. The number of rotatable bonds is 5. The summed E-state index contributed by atoms with van der Waals surface area (Å²) in [6, 6.07) is 4.70. The third-order valence-corrected chi connectivity index (χ3v) is 5.46. The fourth-order valence-electron chi connectivity index (χ4n) is 3.96. The molecule has 2 heterocycles. The smallest absolute Gasteiger partial charge is 0.225 e. The number of para-hydroxylation sites is 1. The van der Waals surface area contributed by atoms with Crippen molar-refractivity contribution in [2.75, 3.05) is 0 Å². The Morgan fingerprint density at radius 2 is 2.26 bits per heavy atom. The normalized spacial score (nSPS) is 20.4. The van der Waals surface area contributed by atoms with Gasteiger partial charge < -0.3 is 15.4 Å². The number of amides is 1. The third kappa shape index (κ3) is 3.35. The molecule has 3 aromatic rings. The van der Waals surface area contributed by atoms with Crippen molar-refractivity contribution in [3.05, 3.63) is 53.2 Å². The second-order valence-electron chi connectivity index (χ2n) is 7.45. The van der Waals surface area contributed by atoms with Crippen LogP contribution in [0.3, 0.4) is 0 Å². The minimum absolute atomic E-state index is 0.126. The van der Waals surface area contributed by atoms with Crippen LogP contribution < -0.4 is 5.32 Å². The van der Waals surface area contributed by atoms with Crippen molar-refractivity contribution in [3.8, 4) is 0 Å². The van der Waals surface area contributed by atoms with Crippen LogP contribution in [-0.2, 0) is 18.3 Å². The lowest BCUT2D eigenvalue weighted by Gasteiger charge is -2.37. The zero-order chi connectivity index (χ0) is 19.1. The summed E-state index contributed by atoms with van der Waals surface area (Å²) >= 11 is 0. The predicted octanol–water partition coefficient (Wildman–Crippen LogP) is 2.52. The molecule has 1 fully saturated rings. The Balaban J connectivity index is 1.55. The number of aromatic amines is 1. The molecule has 142 valence electrons. The minimum atomic E-state index is -0.320. The zero-order valence-corrected chi connectivity index (χ0v) is 15.4. The fourth-order valence-corrected chi connectivity index (χ4v) is 3.96. The molecule has 0 unspecified atom stereocenters. The van der Waals surface area contributed by atoms with Gasteiger partial charge in [0.15, 0.2) is 0 Å². The Bertz CT molecular complexity index is 987. The minimum Gasteiger partial charge on any atom is -0.393 e. The molecule has 1 saturated carbocycles. The monoisotopic (exact) mass is 370 g/mol. The zero-order valence-electron chi connectivity index (χ0n) is 15.4. The quantitative estimate of drug-likeness (QED) is 0.645. The molecular formula is C20H23FN4O2. The van der Waals surface area contributed by atoms with Gasteiger partial charge in [-0.15, -0.1) is 0 Å². The standard InChI is InChI=1S/C20H23FN4O2/c1-11-16(15-4-3-5-17(21)20(15)23-11)8-18(27)24-19(12-6-14(26)7-12)13-9-22-25(2)10-13/h3-5,9-10,12,14,19,23,26H,6-8H2,1-2H3,(H,24,27)/t12?,14?,19-/m1/s1. The van der Waals surface area contributed by atoms with Gasteiger partial charge in [-0.1, -0.05) is 12.1 Å². The molecule has 3 N–H and O–H groups in total. The van der Waals surface area contributed by atoms with Crippen LogP contribution in [0.4, 0.5) is 4.39 Å². The molecule has 1 aliphatic rings. The predicted molar refractivity (Wildman–Crippen MR) is 99.5 cm³/mol. The molecule has 1 amide bonds. The molecular weight excluding hydrogens is 347 g/mol. The number of carbonyl (C=O) groups excluding carboxylic acids is 1. The van der Waals surface area contributed by atoms with Crippen LogP contribution in [0, 0.1) is 18.7 Å². The van der Waals surface area contributed by atoms with E-state index in [1.807, 2.05) is 26.2 Å². The molecule has 0 bridgehead atoms. The van der Waals surface area contributed by atoms with Gasteiger partial charge in [-0.25, -0.2) is 4.39 Å². The van der Waals surface area contributed by atoms with Gasteiger partial charge in [0.05, 0.1) is 30.3 Å². The number of nitrogens with zero attached hydrogens (tertiary/aromatic N) is 2. The average molecular weight is 370 g/mol. The van der Waals surface area contributed by atoms with E-state index in [1.165, 1.54) is 6.07 Å². The van der Waals surface area contributed by atoms with E-state index in [-0.39, 0.29) is 36.2 Å². The highest BCUT2D eigenvalue weighted by atomic mass is 19.1. The van der Waals surface area contributed by atoms with Crippen LogP contribution in [0.1, 0.15) is 35.7 Å². The number of fused-ring (bicyclic) bond motifs is 1. The van der Waals surface area contributed by atoms with Gasteiger partial charge >= 0.3 is 0 Å². The summed E-state index contributed by atoms with van der Waals surface area (Å²) in [5, 5.41) is 17.7. The van der Waals surface area contributed by atoms with E-state index in [4.69, 9.17) is 0 Å². The number of aromatic nitrogens is 3. The van der Waals surface area contributed by atoms with Gasteiger partial charge in [0, 0.05) is 29.9 Å². The molecule has 4 rings (SSSR count). The van der Waals surface area contributed by atoms with Crippen LogP contribution >= 0.6 is 0 Å². The van der Waals surface area contributed by atoms with E-state index in [1.54, 1.807) is 16.9 Å². The Labute approximate surface area is 156 Å². The molecule has 0 radical (unpaired) electrons. The Morgan fingerprint density at radius 1 is 1.48 bits per heavy atom. The van der Waals surface area contributed by atoms with Gasteiger partial charge in [-0.2, -0.15) is 5.10 Å². The number of aliphatic hydroxyl groups excluding tert-OH is 1. The van der Waals surface area contributed by atoms with Gasteiger partial charge in [-0.05, 0) is 37.3 Å². The third-order valence-electron chi connectivity index (χ3n) is 5.46. The van der Waals surface area contributed by atoms with E-state index < -0.39 is 0 Å². The largest absolute Gasteiger partial charge is 0.393 e. The number of benzene rings is 1. The Morgan fingerprint density at radius 3 is 2.93 bits per heavy atom. The van der Waals surface area contributed by atoms with Gasteiger partial charge in [0.1, 0.15) is 5.82 Å². The van der Waals surface area contributed by atoms with Crippen LogP contribution in [0.2, 0.25) is 0 Å². The second-order valence-corrected chi connectivity index (χ2v) is 7.45. The highest BCUT2D eigenvalue weighted by molar-refractivity contribution is 5.90. The van der Waals surface area contributed by atoms with Gasteiger partial charge in [0.2, 0.25) is 5.91 Å². The highest BCUT2D eigenvalue weighted by Crippen LogP contribution is 2.38. The Hall–Kier alpha value is -2.67. The first-order chi connectivity index (χ1) is 12.9. The van der Waals surface area contributed by atoms with E-state index in [0.29, 0.717) is 18.4 Å². The van der Waals surface area contributed by atoms with Crippen LogP contribution in [0.25, 0.3) is 10.9 Å². The summed E-state index contributed by atoms with van der Waals surface area (Å²) in [5.74, 6) is -0.257. The van der Waals surface area contributed by atoms with Gasteiger partial charge in [-0.3, -0.25) is 9.48 Å². The molecule has 1 aromatic carbocycles. The SMILES string of the molecule is Cc1[nH]c2c(F)cccc2c1CC(=O)N[C@@H](c1cnn(C)c1)C1CC(O)C1. The maximum atomic E-state index is 14.0. The molecule has 1 atom stereocenters. The lowest BCUT2D eigenvalue weighted by atomic mass is 9.75. The lowest BCUT2D eigenvalue weighted by molar-refractivity contribution is -0.122. The molecule has 27 heavy (non-hydrogen) atoms. The van der Waals surface area contributed by atoms with E-state index in [2.05, 4.69) is 15.4 Å². The lowest BCUT2D eigenvalue weighted by Crippen LogP contribution is -2.41. The van der Waals surface area contributed by atoms with E-state index in [0.717, 1.165) is 22.2 Å². The molecule has 0 spiro atoms. The number of hydrogen-bond acceptors (Lipinski definition) is 3. The van der Waals surface area contributed by atoms with E-state index in [9.17, 15) is 14.3 Å². The summed E-state index contributed by atoms with van der Waals surface area (Å²) in [6.45, 7) is 1.85. The molecule has 7 heteroatoms. The van der Waals surface area contributed by atoms with Crippen LogP contribution in [-0.4, -0.2) is 31.9 Å². The summed E-state index contributed by atoms with van der Waals surface area (Å²) in [5.41, 5.74) is 2.97. The summed E-state index contributed by atoms with van der Waals surface area (Å²) < 4.78 is 15.7.